The Bertz CT molecular complexity index is 721. The first-order valence-corrected chi connectivity index (χ1v) is 6.02. The van der Waals surface area contributed by atoms with Gasteiger partial charge < -0.3 is 14.8 Å². The Labute approximate surface area is 113 Å². The van der Waals surface area contributed by atoms with Crippen LogP contribution in [0.25, 0.3) is 10.9 Å². The molecule has 0 amide bonds. The summed E-state index contributed by atoms with van der Waals surface area (Å²) in [6.45, 7) is 1.56. The molecule has 1 heterocycles. The van der Waals surface area contributed by atoms with Gasteiger partial charge in [0.15, 0.2) is 5.43 Å². The fourth-order valence-corrected chi connectivity index (χ4v) is 2.28. The highest BCUT2D eigenvalue weighted by atomic mass is 35.5. The number of aryl methyl sites for hydroxylation is 1. The lowest BCUT2D eigenvalue weighted by Gasteiger charge is -2.15. The lowest BCUT2D eigenvalue weighted by atomic mass is 10.1. The molecule has 0 unspecified atom stereocenters. The van der Waals surface area contributed by atoms with E-state index in [-0.39, 0.29) is 24.3 Å². The highest BCUT2D eigenvalue weighted by Crippen LogP contribution is 2.24. The van der Waals surface area contributed by atoms with Crippen molar-refractivity contribution in [1.82, 2.24) is 4.57 Å². The molecule has 0 spiro atoms. The van der Waals surface area contributed by atoms with Gasteiger partial charge in [-0.3, -0.25) is 4.79 Å². The number of benzene rings is 1. The van der Waals surface area contributed by atoms with Crippen LogP contribution in [0.4, 0.5) is 0 Å². The van der Waals surface area contributed by atoms with E-state index in [1.54, 1.807) is 19.1 Å². The Kier molecular flexibility index (Phi) is 3.59. The maximum Gasteiger partial charge on any atom is 0.352 e. The van der Waals surface area contributed by atoms with Gasteiger partial charge in [-0.2, -0.15) is 0 Å². The SMILES string of the molecule is Cc1c(Cl)ccc2c(=O)cc(C(=O)O)n(CCO)c12. The largest absolute Gasteiger partial charge is 0.477 e. The van der Waals surface area contributed by atoms with Gasteiger partial charge in [-0.1, -0.05) is 11.6 Å². The molecular weight excluding hydrogens is 270 g/mol. The normalized spacial score (nSPS) is 10.9. The van der Waals surface area contributed by atoms with Crippen LogP contribution < -0.4 is 5.43 Å². The van der Waals surface area contributed by atoms with E-state index in [0.717, 1.165) is 6.07 Å². The van der Waals surface area contributed by atoms with E-state index in [2.05, 4.69) is 0 Å². The number of hydrogen-bond donors (Lipinski definition) is 2. The van der Waals surface area contributed by atoms with Crippen LogP contribution >= 0.6 is 11.6 Å². The molecule has 0 aliphatic heterocycles. The molecule has 100 valence electrons. The molecular formula is C13H12ClNO4. The van der Waals surface area contributed by atoms with Gasteiger partial charge in [-0.15, -0.1) is 0 Å². The molecule has 2 N–H and O–H groups in total. The molecule has 1 aromatic heterocycles. The maximum absolute atomic E-state index is 11.9. The highest BCUT2D eigenvalue weighted by Gasteiger charge is 2.16. The Balaban J connectivity index is 3.01. The Morgan fingerprint density at radius 2 is 2.11 bits per heavy atom. The molecule has 0 radical (unpaired) electrons. The minimum absolute atomic E-state index is 0.0829. The van der Waals surface area contributed by atoms with Gasteiger partial charge in [-0.05, 0) is 24.6 Å². The molecule has 0 aliphatic carbocycles. The molecule has 0 bridgehead atoms. The van der Waals surface area contributed by atoms with Crippen LogP contribution in [0.5, 0.6) is 0 Å². The highest BCUT2D eigenvalue weighted by molar-refractivity contribution is 6.32. The summed E-state index contributed by atoms with van der Waals surface area (Å²) in [4.78, 5) is 23.2. The zero-order chi connectivity index (χ0) is 14.2. The summed E-state index contributed by atoms with van der Waals surface area (Å²) in [7, 11) is 0. The fraction of sp³-hybridized carbons (Fsp3) is 0.231. The van der Waals surface area contributed by atoms with E-state index in [0.29, 0.717) is 21.5 Å². The number of carboxylic acid groups (broad SMARTS) is 1. The third-order valence-corrected chi connectivity index (χ3v) is 3.41. The third kappa shape index (κ3) is 2.22. The number of nitrogens with zero attached hydrogens (tertiary/aromatic N) is 1. The lowest BCUT2D eigenvalue weighted by molar-refractivity contribution is 0.0683. The quantitative estimate of drug-likeness (QED) is 0.896. The smallest absolute Gasteiger partial charge is 0.352 e. The third-order valence-electron chi connectivity index (χ3n) is 3.00. The molecule has 2 aromatic rings. The second kappa shape index (κ2) is 5.03. The number of aliphatic hydroxyl groups excluding tert-OH is 1. The number of pyridine rings is 1. The van der Waals surface area contributed by atoms with Crippen LogP contribution in [0.1, 0.15) is 16.1 Å². The molecule has 0 atom stereocenters. The lowest BCUT2D eigenvalue weighted by Crippen LogP contribution is -2.20. The van der Waals surface area contributed by atoms with Crippen molar-refractivity contribution < 1.29 is 15.0 Å². The summed E-state index contributed by atoms with van der Waals surface area (Å²) in [5, 5.41) is 19.1. The number of aromatic nitrogens is 1. The minimum atomic E-state index is -1.22. The van der Waals surface area contributed by atoms with Crippen LogP contribution in [0, 0.1) is 6.92 Å². The number of fused-ring (bicyclic) bond motifs is 1. The van der Waals surface area contributed by atoms with E-state index in [1.165, 1.54) is 4.57 Å². The van der Waals surface area contributed by atoms with Crippen LogP contribution in [-0.2, 0) is 6.54 Å². The zero-order valence-electron chi connectivity index (χ0n) is 10.2. The Morgan fingerprint density at radius 1 is 1.42 bits per heavy atom. The molecule has 1 aromatic carbocycles. The number of aliphatic hydroxyl groups is 1. The number of rotatable bonds is 3. The van der Waals surface area contributed by atoms with Gasteiger partial charge in [0.2, 0.25) is 0 Å². The molecule has 19 heavy (non-hydrogen) atoms. The topological polar surface area (TPSA) is 79.5 Å². The molecule has 0 fully saturated rings. The van der Waals surface area contributed by atoms with Gasteiger partial charge in [0.1, 0.15) is 5.69 Å². The Morgan fingerprint density at radius 3 is 2.68 bits per heavy atom. The average Bonchev–Trinajstić information content (AvgIpc) is 2.36. The van der Waals surface area contributed by atoms with Gasteiger partial charge >= 0.3 is 5.97 Å². The molecule has 6 heteroatoms. The summed E-state index contributed by atoms with van der Waals surface area (Å²) in [6.07, 6.45) is 0. The number of carbonyl (C=O) groups is 1. The first-order chi connectivity index (χ1) is 8.97. The first kappa shape index (κ1) is 13.6. The molecule has 0 saturated heterocycles. The average molecular weight is 282 g/mol. The van der Waals surface area contributed by atoms with Crippen molar-refractivity contribution in [1.29, 1.82) is 0 Å². The number of aromatic carboxylic acids is 1. The van der Waals surface area contributed by atoms with Crippen molar-refractivity contribution in [3.63, 3.8) is 0 Å². The number of halogens is 1. The summed E-state index contributed by atoms with van der Waals surface area (Å²) in [5.41, 5.74) is 0.539. The predicted molar refractivity (Wildman–Crippen MR) is 72.0 cm³/mol. The van der Waals surface area contributed by atoms with Gasteiger partial charge in [0.25, 0.3) is 0 Å². The molecule has 5 nitrogen and oxygen atoms in total. The molecule has 0 aliphatic rings. The van der Waals surface area contributed by atoms with Crippen molar-refractivity contribution in [2.75, 3.05) is 6.61 Å². The van der Waals surface area contributed by atoms with Crippen LogP contribution in [-0.4, -0.2) is 27.4 Å². The van der Waals surface area contributed by atoms with E-state index in [1.807, 2.05) is 0 Å². The molecule has 0 saturated carbocycles. The van der Waals surface area contributed by atoms with E-state index in [9.17, 15) is 9.59 Å². The number of hydrogen-bond acceptors (Lipinski definition) is 3. The zero-order valence-corrected chi connectivity index (χ0v) is 10.9. The van der Waals surface area contributed by atoms with Gasteiger partial charge in [-0.25, -0.2) is 4.79 Å². The number of carboxylic acids is 1. The second-order valence-corrected chi connectivity index (χ2v) is 4.55. The van der Waals surface area contributed by atoms with Crippen LogP contribution in [0.2, 0.25) is 5.02 Å². The van der Waals surface area contributed by atoms with E-state index in [4.69, 9.17) is 21.8 Å². The van der Waals surface area contributed by atoms with Gasteiger partial charge in [0, 0.05) is 23.0 Å². The fourth-order valence-electron chi connectivity index (χ4n) is 2.13. The van der Waals surface area contributed by atoms with Crippen molar-refractivity contribution >= 4 is 28.5 Å². The summed E-state index contributed by atoms with van der Waals surface area (Å²) >= 11 is 6.02. The van der Waals surface area contributed by atoms with Crippen molar-refractivity contribution in [2.45, 2.75) is 13.5 Å². The van der Waals surface area contributed by atoms with Crippen LogP contribution in [0.3, 0.4) is 0 Å². The van der Waals surface area contributed by atoms with Crippen molar-refractivity contribution in [2.24, 2.45) is 0 Å². The Hall–Kier alpha value is -1.85. The second-order valence-electron chi connectivity index (χ2n) is 4.14. The van der Waals surface area contributed by atoms with Crippen molar-refractivity contribution in [3.05, 3.63) is 44.7 Å². The maximum atomic E-state index is 11.9. The predicted octanol–water partition coefficient (Wildman–Crippen LogP) is 1.65. The standard InChI is InChI=1S/C13H12ClNO4/c1-7-9(14)3-2-8-11(17)6-10(13(18)19)15(4-5-16)12(7)8/h2-3,6,16H,4-5H2,1H3,(H,18,19). The van der Waals surface area contributed by atoms with Gasteiger partial charge in [0.05, 0.1) is 12.1 Å². The van der Waals surface area contributed by atoms with E-state index < -0.39 is 5.97 Å². The first-order valence-electron chi connectivity index (χ1n) is 5.64. The monoisotopic (exact) mass is 281 g/mol. The van der Waals surface area contributed by atoms with Crippen molar-refractivity contribution in [3.8, 4) is 0 Å². The summed E-state index contributed by atoms with van der Waals surface area (Å²) < 4.78 is 1.40. The molecule has 2 rings (SSSR count). The summed E-state index contributed by atoms with van der Waals surface area (Å²) in [6, 6.07) is 4.23. The van der Waals surface area contributed by atoms with Crippen LogP contribution in [0.15, 0.2) is 23.0 Å². The minimum Gasteiger partial charge on any atom is -0.477 e. The summed E-state index contributed by atoms with van der Waals surface area (Å²) in [5.74, 6) is -1.22. The van der Waals surface area contributed by atoms with E-state index >= 15 is 0 Å².